The molecule has 1 heterocycles. The second-order valence-corrected chi connectivity index (χ2v) is 7.20. The molecule has 2 atom stereocenters. The molecule has 0 aliphatic carbocycles. The van der Waals surface area contributed by atoms with Gasteiger partial charge in [0.05, 0.1) is 0 Å². The Labute approximate surface area is 140 Å². The second-order valence-electron chi connectivity index (χ2n) is 7.20. The zero-order valence-electron chi connectivity index (χ0n) is 14.1. The molecule has 0 saturated carbocycles. The molecular weight excluding hydrogens is 296 g/mol. The van der Waals surface area contributed by atoms with Crippen LogP contribution in [0.1, 0.15) is 56.5 Å². The molecule has 1 aliphatic rings. The molecule has 1 aliphatic heterocycles. The number of nitrogens with one attached hydrogen (secondary N) is 2. The minimum atomic E-state index is 0. The van der Waals surface area contributed by atoms with Crippen LogP contribution >= 0.6 is 12.4 Å². The molecule has 1 amide bonds. The lowest BCUT2D eigenvalue weighted by Gasteiger charge is -2.29. The summed E-state index contributed by atoms with van der Waals surface area (Å²) in [6.07, 6.45) is 2.39. The Bertz CT molecular complexity index is 473. The third kappa shape index (κ3) is 4.99. The molecule has 1 fully saturated rings. The maximum atomic E-state index is 12.3. The van der Waals surface area contributed by atoms with Crippen molar-refractivity contribution in [3.63, 3.8) is 0 Å². The number of hydrogen-bond donors (Lipinski definition) is 2. The molecule has 2 unspecified atom stereocenters. The SMILES string of the molecule is CC(NC(=O)c1ccc(C(C)(C)C)cc1)C1CCCNC1.Cl. The highest BCUT2D eigenvalue weighted by Gasteiger charge is 2.22. The van der Waals surface area contributed by atoms with Crippen LogP contribution in [0, 0.1) is 5.92 Å². The van der Waals surface area contributed by atoms with Crippen molar-refractivity contribution in [2.45, 2.75) is 52.0 Å². The van der Waals surface area contributed by atoms with Gasteiger partial charge in [0.15, 0.2) is 0 Å². The zero-order valence-corrected chi connectivity index (χ0v) is 14.9. The van der Waals surface area contributed by atoms with Crippen LogP contribution in [0.2, 0.25) is 0 Å². The van der Waals surface area contributed by atoms with E-state index in [1.54, 1.807) is 0 Å². The standard InChI is InChI=1S/C18H28N2O.ClH/c1-13(15-6-5-11-19-12-15)20-17(21)14-7-9-16(10-8-14)18(2,3)4;/h7-10,13,15,19H,5-6,11-12H2,1-4H3,(H,20,21);1H. The third-order valence-electron chi connectivity index (χ3n) is 4.41. The lowest BCUT2D eigenvalue weighted by molar-refractivity contribution is 0.0922. The summed E-state index contributed by atoms with van der Waals surface area (Å²) in [5.74, 6) is 0.574. The van der Waals surface area contributed by atoms with E-state index in [1.165, 1.54) is 18.4 Å². The fourth-order valence-electron chi connectivity index (χ4n) is 2.84. The summed E-state index contributed by atoms with van der Waals surface area (Å²) in [6, 6.07) is 8.19. The minimum absolute atomic E-state index is 0. The van der Waals surface area contributed by atoms with E-state index >= 15 is 0 Å². The molecule has 1 aromatic rings. The van der Waals surface area contributed by atoms with Gasteiger partial charge in [0, 0.05) is 11.6 Å². The molecule has 2 rings (SSSR count). The predicted molar refractivity (Wildman–Crippen MR) is 94.9 cm³/mol. The average Bonchev–Trinajstić information content (AvgIpc) is 2.47. The van der Waals surface area contributed by atoms with E-state index in [1.807, 2.05) is 12.1 Å². The Kier molecular flexibility index (Phi) is 6.89. The Morgan fingerprint density at radius 1 is 1.27 bits per heavy atom. The Morgan fingerprint density at radius 3 is 2.41 bits per heavy atom. The molecule has 0 radical (unpaired) electrons. The van der Waals surface area contributed by atoms with E-state index in [4.69, 9.17) is 0 Å². The number of rotatable bonds is 3. The third-order valence-corrected chi connectivity index (χ3v) is 4.41. The normalized spacial score (nSPS) is 19.9. The van der Waals surface area contributed by atoms with Crippen molar-refractivity contribution in [2.75, 3.05) is 13.1 Å². The summed E-state index contributed by atoms with van der Waals surface area (Å²) in [7, 11) is 0. The molecular formula is C18H29ClN2O. The summed E-state index contributed by atoms with van der Waals surface area (Å²) in [4.78, 5) is 12.3. The number of carbonyl (C=O) groups is 1. The molecule has 3 nitrogen and oxygen atoms in total. The van der Waals surface area contributed by atoms with E-state index < -0.39 is 0 Å². The quantitative estimate of drug-likeness (QED) is 0.893. The first-order valence-electron chi connectivity index (χ1n) is 8.00. The lowest BCUT2D eigenvalue weighted by Crippen LogP contribution is -2.44. The van der Waals surface area contributed by atoms with E-state index in [2.05, 4.69) is 50.5 Å². The zero-order chi connectivity index (χ0) is 15.5. The summed E-state index contributed by atoms with van der Waals surface area (Å²) < 4.78 is 0. The van der Waals surface area contributed by atoms with Crippen molar-refractivity contribution < 1.29 is 4.79 Å². The minimum Gasteiger partial charge on any atom is -0.349 e. The first-order chi connectivity index (χ1) is 9.88. The van der Waals surface area contributed by atoms with Crippen molar-refractivity contribution in [1.82, 2.24) is 10.6 Å². The first kappa shape index (κ1) is 19.0. The van der Waals surface area contributed by atoms with Gasteiger partial charge in [0.1, 0.15) is 0 Å². The maximum Gasteiger partial charge on any atom is 0.251 e. The van der Waals surface area contributed by atoms with E-state index in [0.717, 1.165) is 18.7 Å². The highest BCUT2D eigenvalue weighted by Crippen LogP contribution is 2.22. The van der Waals surface area contributed by atoms with Gasteiger partial charge < -0.3 is 10.6 Å². The number of benzene rings is 1. The number of hydrogen-bond acceptors (Lipinski definition) is 2. The highest BCUT2D eigenvalue weighted by atomic mass is 35.5. The second kappa shape index (κ2) is 7.98. The van der Waals surface area contributed by atoms with Gasteiger partial charge in [0.2, 0.25) is 0 Å². The van der Waals surface area contributed by atoms with Crippen molar-refractivity contribution in [3.8, 4) is 0 Å². The number of amides is 1. The van der Waals surface area contributed by atoms with Crippen LogP contribution in [0.5, 0.6) is 0 Å². The fraction of sp³-hybridized carbons (Fsp3) is 0.611. The summed E-state index contributed by atoms with van der Waals surface area (Å²) >= 11 is 0. The highest BCUT2D eigenvalue weighted by molar-refractivity contribution is 5.94. The van der Waals surface area contributed by atoms with Gasteiger partial charge in [0.25, 0.3) is 5.91 Å². The molecule has 0 aromatic heterocycles. The van der Waals surface area contributed by atoms with Crippen LogP contribution in [0.4, 0.5) is 0 Å². The van der Waals surface area contributed by atoms with Crippen LogP contribution in [0.25, 0.3) is 0 Å². The molecule has 124 valence electrons. The Hall–Kier alpha value is -1.06. The van der Waals surface area contributed by atoms with Crippen LogP contribution in [-0.4, -0.2) is 25.0 Å². The van der Waals surface area contributed by atoms with E-state index in [0.29, 0.717) is 5.92 Å². The largest absolute Gasteiger partial charge is 0.349 e. The Morgan fingerprint density at radius 2 is 1.91 bits per heavy atom. The van der Waals surface area contributed by atoms with Gasteiger partial charge in [-0.1, -0.05) is 32.9 Å². The van der Waals surface area contributed by atoms with E-state index in [9.17, 15) is 4.79 Å². The molecule has 22 heavy (non-hydrogen) atoms. The van der Waals surface area contributed by atoms with Crippen LogP contribution < -0.4 is 10.6 Å². The predicted octanol–water partition coefficient (Wildman–Crippen LogP) is 3.52. The molecule has 0 spiro atoms. The van der Waals surface area contributed by atoms with Gasteiger partial charge in [-0.3, -0.25) is 4.79 Å². The van der Waals surface area contributed by atoms with Gasteiger partial charge >= 0.3 is 0 Å². The van der Waals surface area contributed by atoms with Crippen molar-refractivity contribution in [3.05, 3.63) is 35.4 Å². The van der Waals surface area contributed by atoms with Gasteiger partial charge in [-0.25, -0.2) is 0 Å². The fourth-order valence-corrected chi connectivity index (χ4v) is 2.84. The number of carbonyl (C=O) groups excluding carboxylic acids is 1. The molecule has 1 aromatic carbocycles. The Balaban J connectivity index is 0.00000242. The number of halogens is 1. The first-order valence-corrected chi connectivity index (χ1v) is 8.00. The van der Waals surface area contributed by atoms with Crippen molar-refractivity contribution in [2.24, 2.45) is 5.92 Å². The maximum absolute atomic E-state index is 12.3. The van der Waals surface area contributed by atoms with Crippen molar-refractivity contribution >= 4 is 18.3 Å². The van der Waals surface area contributed by atoms with Crippen LogP contribution in [-0.2, 0) is 5.41 Å². The summed E-state index contributed by atoms with van der Waals surface area (Å²) in [5, 5.41) is 6.55. The summed E-state index contributed by atoms with van der Waals surface area (Å²) in [5.41, 5.74) is 2.12. The van der Waals surface area contributed by atoms with Gasteiger partial charge in [-0.15, -0.1) is 12.4 Å². The topological polar surface area (TPSA) is 41.1 Å². The van der Waals surface area contributed by atoms with Crippen molar-refractivity contribution in [1.29, 1.82) is 0 Å². The molecule has 4 heteroatoms. The monoisotopic (exact) mass is 324 g/mol. The van der Waals surface area contributed by atoms with Crippen LogP contribution in [0.15, 0.2) is 24.3 Å². The van der Waals surface area contributed by atoms with Gasteiger partial charge in [-0.05, 0) is 61.9 Å². The molecule has 2 N–H and O–H groups in total. The summed E-state index contributed by atoms with van der Waals surface area (Å²) in [6.45, 7) is 10.8. The number of piperidine rings is 1. The smallest absolute Gasteiger partial charge is 0.251 e. The molecule has 1 saturated heterocycles. The molecule has 0 bridgehead atoms. The average molecular weight is 325 g/mol. The van der Waals surface area contributed by atoms with Crippen LogP contribution in [0.3, 0.4) is 0 Å². The van der Waals surface area contributed by atoms with E-state index in [-0.39, 0.29) is 29.8 Å². The van der Waals surface area contributed by atoms with Gasteiger partial charge in [-0.2, -0.15) is 0 Å². The lowest BCUT2D eigenvalue weighted by atomic mass is 9.86.